The largest absolute Gasteiger partial charge is 0.462 e. The summed E-state index contributed by atoms with van der Waals surface area (Å²) in [5, 5.41) is 1.97. The molecule has 0 spiro atoms. The van der Waals surface area contributed by atoms with Crippen LogP contribution in [0.15, 0.2) is 41.8 Å². The Labute approximate surface area is 103 Å². The van der Waals surface area contributed by atoms with Crippen LogP contribution in [-0.2, 0) is 11.2 Å². The highest BCUT2D eigenvalue weighted by Crippen LogP contribution is 2.11. The summed E-state index contributed by atoms with van der Waals surface area (Å²) >= 11 is 1.61. The fourth-order valence-electron chi connectivity index (χ4n) is 1.40. The van der Waals surface area contributed by atoms with E-state index in [1.54, 1.807) is 17.4 Å². The van der Waals surface area contributed by atoms with Crippen LogP contribution >= 0.6 is 11.3 Å². The topological polar surface area (TPSA) is 26.3 Å². The highest BCUT2D eigenvalue weighted by atomic mass is 32.1. The molecular weight excluding hydrogens is 239 g/mol. The number of hydrogen-bond acceptors (Lipinski definition) is 3. The lowest BCUT2D eigenvalue weighted by Gasteiger charge is -2.04. The summed E-state index contributed by atoms with van der Waals surface area (Å²) in [6.07, 6.45) is 0.665. The van der Waals surface area contributed by atoms with Crippen LogP contribution in [0.1, 0.15) is 15.2 Å². The van der Waals surface area contributed by atoms with Gasteiger partial charge in [-0.15, -0.1) is 11.3 Å². The molecule has 17 heavy (non-hydrogen) atoms. The highest BCUT2D eigenvalue weighted by Gasteiger charge is 2.11. The summed E-state index contributed by atoms with van der Waals surface area (Å²) in [7, 11) is 0. The Hall–Kier alpha value is -1.68. The van der Waals surface area contributed by atoms with Crippen molar-refractivity contribution in [3.8, 4) is 0 Å². The van der Waals surface area contributed by atoms with Gasteiger partial charge in [-0.2, -0.15) is 0 Å². The SMILES string of the molecule is O=C(OCCc1cccs1)c1ccccc1F. The molecule has 0 aliphatic carbocycles. The molecule has 2 nitrogen and oxygen atoms in total. The molecule has 2 aromatic rings. The van der Waals surface area contributed by atoms with Gasteiger partial charge >= 0.3 is 5.97 Å². The van der Waals surface area contributed by atoms with Crippen LogP contribution in [-0.4, -0.2) is 12.6 Å². The van der Waals surface area contributed by atoms with Crippen LogP contribution in [0.5, 0.6) is 0 Å². The van der Waals surface area contributed by atoms with Crippen molar-refractivity contribution in [2.24, 2.45) is 0 Å². The number of ether oxygens (including phenoxy) is 1. The smallest absolute Gasteiger partial charge is 0.341 e. The van der Waals surface area contributed by atoms with Gasteiger partial charge in [-0.05, 0) is 23.6 Å². The summed E-state index contributed by atoms with van der Waals surface area (Å²) in [4.78, 5) is 12.7. The van der Waals surface area contributed by atoms with Crippen LogP contribution in [0.3, 0.4) is 0 Å². The number of hydrogen-bond donors (Lipinski definition) is 0. The van der Waals surface area contributed by atoms with E-state index in [1.165, 1.54) is 18.2 Å². The molecule has 0 saturated heterocycles. The predicted octanol–water partition coefficient (Wildman–Crippen LogP) is 3.29. The van der Waals surface area contributed by atoms with Crippen molar-refractivity contribution < 1.29 is 13.9 Å². The van der Waals surface area contributed by atoms with Crippen LogP contribution in [0.2, 0.25) is 0 Å². The van der Waals surface area contributed by atoms with E-state index in [0.29, 0.717) is 6.42 Å². The van der Waals surface area contributed by atoms with E-state index in [-0.39, 0.29) is 12.2 Å². The maximum atomic E-state index is 13.2. The van der Waals surface area contributed by atoms with Crippen molar-refractivity contribution >= 4 is 17.3 Å². The predicted molar refractivity (Wildman–Crippen MR) is 64.7 cm³/mol. The van der Waals surface area contributed by atoms with Gasteiger partial charge in [0.1, 0.15) is 5.82 Å². The molecule has 2 rings (SSSR count). The highest BCUT2D eigenvalue weighted by molar-refractivity contribution is 7.09. The van der Waals surface area contributed by atoms with Gasteiger partial charge in [-0.3, -0.25) is 0 Å². The molecule has 0 unspecified atom stereocenters. The van der Waals surface area contributed by atoms with E-state index in [4.69, 9.17) is 4.74 Å². The lowest BCUT2D eigenvalue weighted by Crippen LogP contribution is -2.09. The second kappa shape index (κ2) is 5.59. The zero-order valence-electron chi connectivity index (χ0n) is 9.06. The first-order valence-electron chi connectivity index (χ1n) is 5.21. The number of benzene rings is 1. The molecule has 0 saturated carbocycles. The zero-order chi connectivity index (χ0) is 12.1. The van der Waals surface area contributed by atoms with Crippen LogP contribution < -0.4 is 0 Å². The summed E-state index contributed by atoms with van der Waals surface area (Å²) in [6.45, 7) is 0.272. The first kappa shape index (κ1) is 11.8. The monoisotopic (exact) mass is 250 g/mol. The Balaban J connectivity index is 1.88. The number of thiophene rings is 1. The number of halogens is 1. The Morgan fingerprint density at radius 1 is 1.24 bits per heavy atom. The third kappa shape index (κ3) is 3.14. The molecule has 0 aliphatic rings. The zero-order valence-corrected chi connectivity index (χ0v) is 9.87. The molecule has 4 heteroatoms. The minimum Gasteiger partial charge on any atom is -0.462 e. The van der Waals surface area contributed by atoms with Crippen LogP contribution in [0.25, 0.3) is 0 Å². The van der Waals surface area contributed by atoms with Gasteiger partial charge in [0.05, 0.1) is 12.2 Å². The molecule has 0 N–H and O–H groups in total. The fourth-order valence-corrected chi connectivity index (χ4v) is 2.09. The molecule has 0 atom stereocenters. The van der Waals surface area contributed by atoms with E-state index in [1.807, 2.05) is 17.5 Å². The van der Waals surface area contributed by atoms with E-state index in [9.17, 15) is 9.18 Å². The van der Waals surface area contributed by atoms with Gasteiger partial charge in [0.25, 0.3) is 0 Å². The van der Waals surface area contributed by atoms with Crippen molar-refractivity contribution in [1.29, 1.82) is 0 Å². The molecule has 88 valence electrons. The molecular formula is C13H11FO2S. The van der Waals surface area contributed by atoms with Gasteiger partial charge in [-0.1, -0.05) is 18.2 Å². The first-order chi connectivity index (χ1) is 8.27. The minimum atomic E-state index is -0.611. The number of carbonyl (C=O) groups excluding carboxylic acids is 1. The van der Waals surface area contributed by atoms with E-state index in [0.717, 1.165) is 4.88 Å². The Morgan fingerprint density at radius 2 is 2.06 bits per heavy atom. The third-order valence-electron chi connectivity index (χ3n) is 2.26. The van der Waals surface area contributed by atoms with Gasteiger partial charge in [0.2, 0.25) is 0 Å². The lowest BCUT2D eigenvalue weighted by molar-refractivity contribution is 0.0504. The maximum Gasteiger partial charge on any atom is 0.341 e. The molecule has 0 bridgehead atoms. The molecule has 0 fully saturated rings. The standard InChI is InChI=1S/C13H11FO2S/c14-12-6-2-1-5-11(12)13(15)16-8-7-10-4-3-9-17-10/h1-6,9H,7-8H2. The van der Waals surface area contributed by atoms with E-state index >= 15 is 0 Å². The summed E-state index contributed by atoms with van der Waals surface area (Å²) in [5.74, 6) is -1.16. The molecule has 1 aromatic carbocycles. The van der Waals surface area contributed by atoms with Crippen molar-refractivity contribution in [2.45, 2.75) is 6.42 Å². The Morgan fingerprint density at radius 3 is 2.76 bits per heavy atom. The third-order valence-corrected chi connectivity index (χ3v) is 3.19. The average Bonchev–Trinajstić information content (AvgIpc) is 2.82. The van der Waals surface area contributed by atoms with Gasteiger partial charge < -0.3 is 4.74 Å². The molecule has 1 heterocycles. The van der Waals surface area contributed by atoms with Crippen molar-refractivity contribution in [3.63, 3.8) is 0 Å². The van der Waals surface area contributed by atoms with Gasteiger partial charge in [0.15, 0.2) is 0 Å². The Bertz CT molecular complexity index is 494. The van der Waals surface area contributed by atoms with Crippen LogP contribution in [0.4, 0.5) is 4.39 Å². The van der Waals surface area contributed by atoms with Gasteiger partial charge in [-0.25, -0.2) is 9.18 Å². The lowest BCUT2D eigenvalue weighted by atomic mass is 10.2. The normalized spacial score (nSPS) is 10.2. The number of carbonyl (C=O) groups is 1. The number of rotatable bonds is 4. The molecule has 0 amide bonds. The van der Waals surface area contributed by atoms with E-state index < -0.39 is 11.8 Å². The summed E-state index contributed by atoms with van der Waals surface area (Å²) in [5.41, 5.74) is -0.0151. The Kier molecular flexibility index (Phi) is 3.88. The van der Waals surface area contributed by atoms with E-state index in [2.05, 4.69) is 0 Å². The second-order valence-electron chi connectivity index (χ2n) is 3.45. The van der Waals surface area contributed by atoms with Gasteiger partial charge in [0, 0.05) is 11.3 Å². The molecule has 1 aromatic heterocycles. The fraction of sp³-hybridized carbons (Fsp3) is 0.154. The van der Waals surface area contributed by atoms with Crippen molar-refractivity contribution in [2.75, 3.05) is 6.61 Å². The summed E-state index contributed by atoms with van der Waals surface area (Å²) < 4.78 is 18.3. The summed E-state index contributed by atoms with van der Waals surface area (Å²) in [6, 6.07) is 9.73. The van der Waals surface area contributed by atoms with Crippen LogP contribution in [0, 0.1) is 5.82 Å². The molecule has 0 aliphatic heterocycles. The maximum absolute atomic E-state index is 13.2. The first-order valence-corrected chi connectivity index (χ1v) is 6.09. The number of esters is 1. The van der Waals surface area contributed by atoms with Crippen molar-refractivity contribution in [3.05, 3.63) is 58.0 Å². The quantitative estimate of drug-likeness (QED) is 0.778. The molecule has 0 radical (unpaired) electrons. The second-order valence-corrected chi connectivity index (χ2v) is 4.48. The average molecular weight is 250 g/mol. The van der Waals surface area contributed by atoms with Crippen molar-refractivity contribution in [1.82, 2.24) is 0 Å². The minimum absolute atomic E-state index is 0.0151.